The fourth-order valence-corrected chi connectivity index (χ4v) is 4.53. The van der Waals surface area contributed by atoms with E-state index in [0.717, 1.165) is 4.34 Å². The Morgan fingerprint density at radius 3 is 3.18 bits per heavy atom. The molecule has 0 aromatic carbocycles. The summed E-state index contributed by atoms with van der Waals surface area (Å²) in [5.41, 5.74) is 1.42. The first-order chi connectivity index (χ1) is 8.24. The fraction of sp³-hybridized carbons (Fsp3) is 0.385. The van der Waals surface area contributed by atoms with Crippen LogP contribution in [-0.2, 0) is 6.42 Å². The minimum Gasteiger partial charge on any atom is -0.303 e. The Kier molecular flexibility index (Phi) is 3.26. The lowest BCUT2D eigenvalue weighted by atomic mass is 10.1. The Balaban J connectivity index is 1.75. The van der Waals surface area contributed by atoms with E-state index >= 15 is 0 Å². The number of hydrogen-bond acceptors (Lipinski definition) is 3. The van der Waals surface area contributed by atoms with E-state index in [4.69, 9.17) is 11.6 Å². The molecule has 1 aliphatic rings. The second kappa shape index (κ2) is 4.73. The van der Waals surface area contributed by atoms with Gasteiger partial charge in [-0.25, -0.2) is 0 Å². The maximum atomic E-state index is 6.07. The van der Waals surface area contributed by atoms with Gasteiger partial charge in [0.1, 0.15) is 0 Å². The zero-order chi connectivity index (χ0) is 11.8. The summed E-state index contributed by atoms with van der Waals surface area (Å²) in [6.45, 7) is 2.23. The van der Waals surface area contributed by atoms with Crippen LogP contribution in [0.3, 0.4) is 0 Å². The Hall–Kier alpha value is -0.350. The van der Waals surface area contributed by atoms with Crippen LogP contribution in [0.25, 0.3) is 0 Å². The predicted molar refractivity (Wildman–Crippen MR) is 76.3 cm³/mol. The van der Waals surface area contributed by atoms with E-state index < -0.39 is 0 Å². The predicted octanol–water partition coefficient (Wildman–Crippen LogP) is 4.80. The van der Waals surface area contributed by atoms with Crippen LogP contribution < -0.4 is 5.32 Å². The van der Waals surface area contributed by atoms with Gasteiger partial charge in [-0.2, -0.15) is 0 Å². The monoisotopic (exact) mass is 283 g/mol. The average Bonchev–Trinajstić information content (AvgIpc) is 2.96. The van der Waals surface area contributed by atoms with Crippen molar-refractivity contribution in [2.45, 2.75) is 31.8 Å². The molecule has 0 spiro atoms. The second-order valence-electron chi connectivity index (χ2n) is 4.42. The summed E-state index contributed by atoms with van der Waals surface area (Å²) in [6, 6.07) is 7.33. The van der Waals surface area contributed by atoms with Crippen molar-refractivity contribution >= 4 is 34.3 Å². The molecule has 90 valence electrons. The number of nitrogens with one attached hydrogen (secondary N) is 1. The second-order valence-corrected chi connectivity index (χ2v) is 7.17. The summed E-state index contributed by atoms with van der Waals surface area (Å²) in [7, 11) is 0. The first-order valence-electron chi connectivity index (χ1n) is 5.81. The van der Waals surface area contributed by atoms with Crippen molar-refractivity contribution in [3.63, 3.8) is 0 Å². The van der Waals surface area contributed by atoms with Gasteiger partial charge in [0.05, 0.1) is 4.34 Å². The standard InChI is InChI=1S/C13H14ClNS2/c1-8(11-3-2-6-16-11)15-10-4-5-12-9(10)7-13(14)17-12/h2-3,6-8,10,15H,4-5H2,1H3/t8-,10?/m0/s1. The van der Waals surface area contributed by atoms with Crippen LogP contribution in [0.2, 0.25) is 4.34 Å². The van der Waals surface area contributed by atoms with E-state index in [1.54, 1.807) is 11.3 Å². The molecule has 2 atom stereocenters. The first-order valence-corrected chi connectivity index (χ1v) is 7.89. The van der Waals surface area contributed by atoms with Crippen molar-refractivity contribution in [2.75, 3.05) is 0 Å². The molecule has 0 saturated heterocycles. The smallest absolute Gasteiger partial charge is 0.0934 e. The molecule has 1 N–H and O–H groups in total. The number of hydrogen-bond donors (Lipinski definition) is 1. The lowest BCUT2D eigenvalue weighted by Gasteiger charge is -2.18. The zero-order valence-electron chi connectivity index (χ0n) is 9.57. The molecule has 3 rings (SSSR count). The number of thiophene rings is 2. The van der Waals surface area contributed by atoms with Crippen molar-refractivity contribution in [3.05, 3.63) is 43.2 Å². The Labute approximate surface area is 114 Å². The van der Waals surface area contributed by atoms with Gasteiger partial charge in [0, 0.05) is 21.8 Å². The summed E-state index contributed by atoms with van der Waals surface area (Å²) < 4.78 is 0.922. The maximum Gasteiger partial charge on any atom is 0.0934 e. The van der Waals surface area contributed by atoms with Crippen LogP contribution in [0, 0.1) is 0 Å². The summed E-state index contributed by atoms with van der Waals surface area (Å²) in [5.74, 6) is 0. The molecular formula is C13H14ClNS2. The maximum absolute atomic E-state index is 6.07. The summed E-state index contributed by atoms with van der Waals surface area (Å²) in [4.78, 5) is 2.87. The lowest BCUT2D eigenvalue weighted by molar-refractivity contribution is 0.469. The van der Waals surface area contributed by atoms with Crippen LogP contribution in [0.15, 0.2) is 23.6 Å². The molecule has 2 aromatic rings. The molecule has 1 aliphatic carbocycles. The van der Waals surface area contributed by atoms with Gasteiger partial charge in [-0.1, -0.05) is 17.7 Å². The highest BCUT2D eigenvalue weighted by molar-refractivity contribution is 7.16. The van der Waals surface area contributed by atoms with Gasteiger partial charge in [-0.3, -0.25) is 0 Å². The van der Waals surface area contributed by atoms with E-state index in [0.29, 0.717) is 12.1 Å². The molecule has 2 heterocycles. The third kappa shape index (κ3) is 2.29. The molecule has 0 radical (unpaired) electrons. The molecular weight excluding hydrogens is 270 g/mol. The summed E-state index contributed by atoms with van der Waals surface area (Å²) >= 11 is 9.62. The molecule has 17 heavy (non-hydrogen) atoms. The van der Waals surface area contributed by atoms with Crippen molar-refractivity contribution in [3.8, 4) is 0 Å². The van der Waals surface area contributed by atoms with Crippen LogP contribution in [-0.4, -0.2) is 0 Å². The molecule has 1 nitrogen and oxygen atoms in total. The molecule has 4 heteroatoms. The number of rotatable bonds is 3. The van der Waals surface area contributed by atoms with Crippen molar-refractivity contribution < 1.29 is 0 Å². The Morgan fingerprint density at radius 2 is 2.41 bits per heavy atom. The normalized spacial score (nSPS) is 20.5. The van der Waals surface area contributed by atoms with E-state index in [-0.39, 0.29) is 0 Å². The van der Waals surface area contributed by atoms with E-state index in [1.807, 2.05) is 11.3 Å². The van der Waals surface area contributed by atoms with Gasteiger partial charge in [0.25, 0.3) is 0 Å². The lowest BCUT2D eigenvalue weighted by Crippen LogP contribution is -2.22. The van der Waals surface area contributed by atoms with E-state index in [9.17, 15) is 0 Å². The minimum absolute atomic E-state index is 0.421. The number of halogens is 1. The van der Waals surface area contributed by atoms with E-state index in [1.165, 1.54) is 28.2 Å². The quantitative estimate of drug-likeness (QED) is 0.853. The van der Waals surface area contributed by atoms with E-state index in [2.05, 4.69) is 35.8 Å². The molecule has 0 fully saturated rings. The Morgan fingerprint density at radius 1 is 1.53 bits per heavy atom. The number of aryl methyl sites for hydroxylation is 1. The molecule has 2 aromatic heterocycles. The van der Waals surface area contributed by atoms with Crippen LogP contribution in [0.5, 0.6) is 0 Å². The minimum atomic E-state index is 0.421. The zero-order valence-corrected chi connectivity index (χ0v) is 12.0. The van der Waals surface area contributed by atoms with Gasteiger partial charge >= 0.3 is 0 Å². The highest BCUT2D eigenvalue weighted by Crippen LogP contribution is 2.40. The first kappa shape index (κ1) is 11.7. The van der Waals surface area contributed by atoms with Gasteiger partial charge < -0.3 is 5.32 Å². The number of fused-ring (bicyclic) bond motifs is 1. The molecule has 0 bridgehead atoms. The van der Waals surface area contributed by atoms with Crippen LogP contribution >= 0.6 is 34.3 Å². The highest BCUT2D eigenvalue weighted by Gasteiger charge is 2.26. The fourth-order valence-electron chi connectivity index (χ4n) is 2.42. The average molecular weight is 284 g/mol. The molecule has 0 saturated carbocycles. The molecule has 0 amide bonds. The van der Waals surface area contributed by atoms with Gasteiger partial charge in [-0.05, 0) is 42.8 Å². The molecule has 1 unspecified atom stereocenters. The highest BCUT2D eigenvalue weighted by atomic mass is 35.5. The largest absolute Gasteiger partial charge is 0.303 e. The third-order valence-corrected chi connectivity index (χ3v) is 5.66. The topological polar surface area (TPSA) is 12.0 Å². The van der Waals surface area contributed by atoms with Gasteiger partial charge in [-0.15, -0.1) is 22.7 Å². The Bertz CT molecular complexity index is 503. The van der Waals surface area contributed by atoms with Crippen molar-refractivity contribution in [1.82, 2.24) is 5.32 Å². The molecule has 0 aliphatic heterocycles. The summed E-state index contributed by atoms with van der Waals surface area (Å²) in [5, 5.41) is 5.84. The van der Waals surface area contributed by atoms with Crippen molar-refractivity contribution in [2.24, 2.45) is 0 Å². The SMILES string of the molecule is C[C@H](NC1CCc2sc(Cl)cc21)c1cccs1. The third-order valence-electron chi connectivity index (χ3n) is 3.27. The van der Waals surface area contributed by atoms with Crippen molar-refractivity contribution in [1.29, 1.82) is 0 Å². The van der Waals surface area contributed by atoms with Gasteiger partial charge in [0.2, 0.25) is 0 Å². The van der Waals surface area contributed by atoms with Gasteiger partial charge in [0.15, 0.2) is 0 Å². The van der Waals surface area contributed by atoms with Crippen LogP contribution in [0.4, 0.5) is 0 Å². The van der Waals surface area contributed by atoms with Crippen LogP contribution in [0.1, 0.15) is 40.7 Å². The summed E-state index contributed by atoms with van der Waals surface area (Å²) in [6.07, 6.45) is 2.37.